The van der Waals surface area contributed by atoms with Gasteiger partial charge in [-0.3, -0.25) is 9.89 Å². The van der Waals surface area contributed by atoms with Crippen LogP contribution in [-0.2, 0) is 24.2 Å². The number of esters is 1. The number of amides is 1. The molecule has 0 unspecified atom stereocenters. The molecule has 0 fully saturated rings. The first kappa shape index (κ1) is 21.4. The van der Waals surface area contributed by atoms with Gasteiger partial charge in [0.2, 0.25) is 0 Å². The first-order valence-corrected chi connectivity index (χ1v) is 8.23. The van der Waals surface area contributed by atoms with Gasteiger partial charge in [-0.05, 0) is 6.92 Å². The number of thiazole rings is 1. The Kier molecular flexibility index (Phi) is 8.30. The highest BCUT2D eigenvalue weighted by molar-refractivity contribution is 7.09. The summed E-state index contributed by atoms with van der Waals surface area (Å²) in [5, 5.41) is 15.3. The number of aromatic nitrogens is 3. The molecule has 0 spiro atoms. The number of carbonyl (C=O) groups is 2. The summed E-state index contributed by atoms with van der Waals surface area (Å²) >= 11 is 1.30. The molecule has 3 N–H and O–H groups in total. The third-order valence-corrected chi connectivity index (χ3v) is 4.31. The predicted molar refractivity (Wildman–Crippen MR) is 97.7 cm³/mol. The van der Waals surface area contributed by atoms with E-state index in [1.54, 1.807) is 12.3 Å². The molecule has 3 heterocycles. The van der Waals surface area contributed by atoms with E-state index in [1.807, 2.05) is 0 Å². The zero-order chi connectivity index (χ0) is 16.2. The average Bonchev–Trinajstić information content (AvgIpc) is 3.20. The molecule has 0 saturated heterocycles. The Labute approximate surface area is 161 Å². The molecule has 1 aliphatic heterocycles. The number of nitrogens with one attached hydrogen (secondary N) is 3. The summed E-state index contributed by atoms with van der Waals surface area (Å²) in [6, 6.07) is 0. The zero-order valence-corrected chi connectivity index (χ0v) is 15.9. The molecule has 0 bridgehead atoms. The molecule has 138 valence electrons. The van der Waals surface area contributed by atoms with Crippen molar-refractivity contribution >= 4 is 48.0 Å². The number of rotatable bonds is 5. The van der Waals surface area contributed by atoms with Crippen LogP contribution in [0.2, 0.25) is 0 Å². The van der Waals surface area contributed by atoms with Crippen molar-refractivity contribution in [3.63, 3.8) is 0 Å². The molecular formula is C14H19Cl2N5O3S. The highest BCUT2D eigenvalue weighted by Crippen LogP contribution is 2.16. The van der Waals surface area contributed by atoms with E-state index in [0.29, 0.717) is 23.9 Å². The van der Waals surface area contributed by atoms with Crippen LogP contribution in [0.1, 0.15) is 44.2 Å². The monoisotopic (exact) mass is 407 g/mol. The topological polar surface area (TPSA) is 109 Å². The molecule has 0 saturated carbocycles. The third-order valence-electron chi connectivity index (χ3n) is 3.46. The van der Waals surface area contributed by atoms with Crippen LogP contribution in [0, 0.1) is 0 Å². The fourth-order valence-electron chi connectivity index (χ4n) is 2.34. The van der Waals surface area contributed by atoms with Gasteiger partial charge >= 0.3 is 5.97 Å². The van der Waals surface area contributed by atoms with E-state index in [4.69, 9.17) is 4.74 Å². The van der Waals surface area contributed by atoms with Crippen molar-refractivity contribution in [2.45, 2.75) is 26.4 Å². The molecule has 1 amide bonds. The lowest BCUT2D eigenvalue weighted by molar-refractivity contribution is 0.0520. The number of halogens is 2. The highest BCUT2D eigenvalue weighted by atomic mass is 35.5. The van der Waals surface area contributed by atoms with Gasteiger partial charge in [0.1, 0.15) is 5.01 Å². The molecule has 2 aromatic heterocycles. The zero-order valence-electron chi connectivity index (χ0n) is 13.5. The van der Waals surface area contributed by atoms with Gasteiger partial charge in [0, 0.05) is 36.1 Å². The molecular weight excluding hydrogens is 389 g/mol. The lowest BCUT2D eigenvalue weighted by Gasteiger charge is -2.12. The van der Waals surface area contributed by atoms with E-state index in [2.05, 4.69) is 25.8 Å². The average molecular weight is 408 g/mol. The maximum atomic E-state index is 12.3. The Balaban J connectivity index is 0.00000156. The summed E-state index contributed by atoms with van der Waals surface area (Å²) in [6.07, 6.45) is 0.838. The maximum Gasteiger partial charge on any atom is 0.357 e. The highest BCUT2D eigenvalue weighted by Gasteiger charge is 2.21. The molecule has 25 heavy (non-hydrogen) atoms. The fraction of sp³-hybridized carbons (Fsp3) is 0.429. The van der Waals surface area contributed by atoms with Gasteiger partial charge < -0.3 is 15.4 Å². The van der Waals surface area contributed by atoms with Crippen molar-refractivity contribution < 1.29 is 14.3 Å². The minimum atomic E-state index is -0.450. The van der Waals surface area contributed by atoms with E-state index in [-0.39, 0.29) is 43.0 Å². The van der Waals surface area contributed by atoms with Gasteiger partial charge in [-0.15, -0.1) is 36.2 Å². The van der Waals surface area contributed by atoms with E-state index < -0.39 is 5.97 Å². The number of H-pyrrole nitrogens is 1. The van der Waals surface area contributed by atoms with Crippen LogP contribution in [0.5, 0.6) is 0 Å². The van der Waals surface area contributed by atoms with E-state index in [0.717, 1.165) is 24.2 Å². The van der Waals surface area contributed by atoms with Crippen LogP contribution < -0.4 is 10.6 Å². The van der Waals surface area contributed by atoms with Crippen LogP contribution >= 0.6 is 36.2 Å². The molecule has 2 aromatic rings. The van der Waals surface area contributed by atoms with Crippen LogP contribution in [0.3, 0.4) is 0 Å². The van der Waals surface area contributed by atoms with Gasteiger partial charge in [0.15, 0.2) is 11.4 Å². The third kappa shape index (κ3) is 4.91. The number of hydrogen-bond donors (Lipinski definition) is 3. The lowest BCUT2D eigenvalue weighted by Crippen LogP contribution is -2.28. The molecule has 8 nitrogen and oxygen atoms in total. The van der Waals surface area contributed by atoms with Crippen LogP contribution in [-0.4, -0.2) is 40.2 Å². The van der Waals surface area contributed by atoms with Gasteiger partial charge in [0.25, 0.3) is 5.91 Å². The minimum absolute atomic E-state index is 0. The largest absolute Gasteiger partial charge is 0.461 e. The van der Waals surface area contributed by atoms with E-state index in [1.165, 1.54) is 11.3 Å². The number of hydrogen-bond acceptors (Lipinski definition) is 7. The van der Waals surface area contributed by atoms with Crippen LogP contribution in [0.25, 0.3) is 0 Å². The number of fused-ring (bicyclic) bond motifs is 1. The second-order valence-corrected chi connectivity index (χ2v) is 5.93. The van der Waals surface area contributed by atoms with Crippen LogP contribution in [0.15, 0.2) is 5.38 Å². The quantitative estimate of drug-likeness (QED) is 0.647. The standard InChI is InChI=1S/C14H17N5O3S.2ClH/c1-2-22-14(21)10-7-23-11(17-10)6-16-13(20)12-8-5-15-4-3-9(8)18-19-12;;/h7,15H,2-6H2,1H3,(H,16,20)(H,18,19);2*1H. The van der Waals surface area contributed by atoms with Crippen molar-refractivity contribution in [2.24, 2.45) is 0 Å². The Bertz CT molecular complexity index is 734. The molecule has 0 aliphatic carbocycles. The SMILES string of the molecule is CCOC(=O)c1csc(CNC(=O)c2n[nH]c3c2CNCC3)n1.Cl.Cl. The molecule has 0 atom stereocenters. The van der Waals surface area contributed by atoms with Crippen molar-refractivity contribution in [1.82, 2.24) is 25.8 Å². The van der Waals surface area contributed by atoms with Crippen molar-refractivity contribution in [1.29, 1.82) is 0 Å². The molecule has 3 rings (SSSR count). The number of aromatic amines is 1. The normalized spacial score (nSPS) is 12.4. The second kappa shape index (κ2) is 9.71. The number of nitrogens with zero attached hydrogens (tertiary/aromatic N) is 2. The summed E-state index contributed by atoms with van der Waals surface area (Å²) in [6.45, 7) is 3.81. The minimum Gasteiger partial charge on any atom is -0.461 e. The second-order valence-electron chi connectivity index (χ2n) is 4.99. The van der Waals surface area contributed by atoms with Gasteiger partial charge in [0.05, 0.1) is 13.2 Å². The van der Waals surface area contributed by atoms with Crippen molar-refractivity contribution in [2.75, 3.05) is 13.2 Å². The van der Waals surface area contributed by atoms with E-state index >= 15 is 0 Å². The van der Waals surface area contributed by atoms with Crippen molar-refractivity contribution in [3.05, 3.63) is 33.0 Å². The summed E-state index contributed by atoms with van der Waals surface area (Å²) in [4.78, 5) is 28.0. The van der Waals surface area contributed by atoms with Gasteiger partial charge in [-0.2, -0.15) is 5.10 Å². The summed E-state index contributed by atoms with van der Waals surface area (Å²) in [5.41, 5.74) is 2.60. The molecule has 1 aliphatic rings. The number of ether oxygens (including phenoxy) is 1. The Hall–Kier alpha value is -1.68. The smallest absolute Gasteiger partial charge is 0.357 e. The summed E-state index contributed by atoms with van der Waals surface area (Å²) in [5.74, 6) is -0.701. The lowest BCUT2D eigenvalue weighted by atomic mass is 10.1. The van der Waals surface area contributed by atoms with Crippen molar-refractivity contribution in [3.8, 4) is 0 Å². The predicted octanol–water partition coefficient (Wildman–Crippen LogP) is 1.46. The molecule has 11 heteroatoms. The van der Waals surface area contributed by atoms with Gasteiger partial charge in [-0.1, -0.05) is 0 Å². The molecule has 0 radical (unpaired) electrons. The summed E-state index contributed by atoms with van der Waals surface area (Å²) in [7, 11) is 0. The fourth-order valence-corrected chi connectivity index (χ4v) is 3.05. The number of carbonyl (C=O) groups excluding carboxylic acids is 2. The Morgan fingerprint density at radius 1 is 1.40 bits per heavy atom. The summed E-state index contributed by atoms with van der Waals surface area (Å²) < 4.78 is 4.88. The molecule has 0 aromatic carbocycles. The Morgan fingerprint density at radius 3 is 2.96 bits per heavy atom. The first-order chi connectivity index (χ1) is 11.2. The Morgan fingerprint density at radius 2 is 2.20 bits per heavy atom. The van der Waals surface area contributed by atoms with E-state index in [9.17, 15) is 9.59 Å². The van der Waals surface area contributed by atoms with Crippen LogP contribution in [0.4, 0.5) is 0 Å². The first-order valence-electron chi connectivity index (χ1n) is 7.35. The maximum absolute atomic E-state index is 12.3. The van der Waals surface area contributed by atoms with Gasteiger partial charge in [-0.25, -0.2) is 9.78 Å².